The number of hydrogen-bond acceptors (Lipinski definition) is 2. The van der Waals surface area contributed by atoms with Gasteiger partial charge in [0.1, 0.15) is 12.6 Å². The molecule has 0 bridgehead atoms. The summed E-state index contributed by atoms with van der Waals surface area (Å²) in [5.41, 5.74) is 0. The Balaban J connectivity index is 6.30. The molecule has 0 radical (unpaired) electrons. The quantitative estimate of drug-likeness (QED) is 0.551. The minimum Gasteiger partial charge on any atom is -0.481 e. The monoisotopic (exact) mass is 172 g/mol. The maximum atomic E-state index is 10.7. The number of carboxylic acid groups (broad SMARTS) is 1. The summed E-state index contributed by atoms with van der Waals surface area (Å²) >= 11 is 0. The van der Waals surface area contributed by atoms with Crippen LogP contribution < -0.4 is 0 Å². The molecule has 66 valence electrons. The second-order valence-corrected chi connectivity index (χ2v) is 2.11. The second kappa shape index (κ2) is 3.69. The summed E-state index contributed by atoms with van der Waals surface area (Å²) in [6.45, 7) is -10.5. The number of hydrogen-bond donors (Lipinski definition) is 2. The van der Waals surface area contributed by atoms with Crippen LogP contribution in [-0.4, -0.2) is 55.7 Å². The molecule has 0 aromatic rings. The molecule has 0 saturated heterocycles. The van der Waals surface area contributed by atoms with Crippen LogP contribution in [-0.2, 0) is 4.79 Å². The van der Waals surface area contributed by atoms with E-state index < -0.39 is 43.4 Å². The maximum absolute atomic E-state index is 10.7. The number of likely N-dealkylation sites (N-methyl/N-ethyl adjacent to an activating group) is 1. The Morgan fingerprint density at radius 1 is 2.00 bits per heavy atom. The molecule has 2 N–H and O–H groups in total. The lowest BCUT2D eigenvalue weighted by Gasteiger charge is -2.25. The predicted molar refractivity (Wildman–Crippen MR) is 41.2 cm³/mol. The van der Waals surface area contributed by atoms with Crippen LogP contribution in [0, 0.1) is 0 Å². The first kappa shape index (κ1) is 2.44. The first-order valence-corrected chi connectivity index (χ1v) is 2.71. The van der Waals surface area contributed by atoms with E-state index in [9.17, 15) is 4.79 Å². The molecule has 0 saturated carbocycles. The molecule has 11 heavy (non-hydrogen) atoms. The SMILES string of the molecule is [2H]O[C@]([2H])(CC(=O)O)C([2H])([2H])[N+](C)(C([2H])([2H])[2H])C([2H])([2H])[2H]. The van der Waals surface area contributed by atoms with Gasteiger partial charge in [-0.1, -0.05) is 0 Å². The van der Waals surface area contributed by atoms with E-state index in [1.165, 1.54) is 0 Å². The summed E-state index contributed by atoms with van der Waals surface area (Å²) < 4.78 is 71.4. The maximum Gasteiger partial charge on any atom is 0.306 e. The van der Waals surface area contributed by atoms with Crippen LogP contribution in [0.5, 0.6) is 0 Å². The van der Waals surface area contributed by atoms with Gasteiger partial charge in [0.2, 0.25) is 1.43 Å². The molecular weight excluding hydrogens is 146 g/mol. The van der Waals surface area contributed by atoms with E-state index in [2.05, 4.69) is 5.11 Å². The Morgan fingerprint density at radius 2 is 2.64 bits per heavy atom. The van der Waals surface area contributed by atoms with Crippen LogP contribution in [0.2, 0.25) is 0 Å². The highest BCUT2D eigenvalue weighted by atomic mass is 16.4. The van der Waals surface area contributed by atoms with E-state index >= 15 is 0 Å². The van der Waals surface area contributed by atoms with Gasteiger partial charge in [-0.3, -0.25) is 4.79 Å². The Labute approximate surface area is 80.8 Å². The summed E-state index contributed by atoms with van der Waals surface area (Å²) in [5.74, 6) is -1.75. The average Bonchev–Trinajstić information content (AvgIpc) is 2.23. The third kappa shape index (κ3) is 7.29. The topological polar surface area (TPSA) is 57.5 Å². The van der Waals surface area contributed by atoms with Crippen molar-refractivity contribution in [2.24, 2.45) is 0 Å². The Bertz CT molecular complexity index is 390. The van der Waals surface area contributed by atoms with Gasteiger partial charge in [0, 0.05) is 0 Å². The van der Waals surface area contributed by atoms with Crippen molar-refractivity contribution in [1.29, 1.82) is 1.43 Å². The van der Waals surface area contributed by atoms with Crippen molar-refractivity contribution in [2.75, 3.05) is 27.5 Å². The molecule has 0 amide bonds. The van der Waals surface area contributed by atoms with Crippen LogP contribution in [0.1, 0.15) is 18.8 Å². The summed E-state index contributed by atoms with van der Waals surface area (Å²) in [6, 6.07) is 0. The zero-order chi connectivity index (χ0) is 17.5. The zero-order valence-corrected chi connectivity index (χ0v) is 5.92. The first-order chi connectivity index (χ1) is 8.98. The lowest BCUT2D eigenvalue weighted by atomic mass is 10.2. The number of carbonyl (C=O) groups is 1. The fourth-order valence-electron chi connectivity index (χ4n) is 0.426. The molecule has 0 spiro atoms. The highest BCUT2D eigenvalue weighted by molar-refractivity contribution is 5.67. The van der Waals surface area contributed by atoms with Gasteiger partial charge >= 0.3 is 5.97 Å². The molecule has 0 fully saturated rings. The molecule has 0 aromatic heterocycles. The molecule has 0 aromatic carbocycles. The summed E-state index contributed by atoms with van der Waals surface area (Å²) in [7, 11) is 0.504. The molecule has 4 heteroatoms. The molecule has 1 atom stereocenters. The van der Waals surface area contributed by atoms with Crippen molar-refractivity contribution in [3.63, 3.8) is 0 Å². The van der Waals surface area contributed by atoms with E-state index in [0.29, 0.717) is 7.05 Å². The number of carboxylic acids is 1. The summed E-state index contributed by atoms with van der Waals surface area (Å²) in [4.78, 5) is 10.7. The standard InChI is InChI=1S/C7H15NO3/c1-8(2,3)5-6(9)4-7(10)11/h6,9H,4-5H2,1-3H3/p+1/t6-/m1/s1/i1D3,2D3,5D2,6D,9D. The van der Waals surface area contributed by atoms with E-state index in [1.54, 1.807) is 0 Å². The molecule has 0 aliphatic rings. The Kier molecular flexibility index (Phi) is 0.817. The van der Waals surface area contributed by atoms with Gasteiger partial charge in [0.15, 0.2) is 0 Å². The average molecular weight is 172 g/mol. The molecule has 4 nitrogen and oxygen atoms in total. The molecule has 0 aliphatic carbocycles. The van der Waals surface area contributed by atoms with Crippen molar-refractivity contribution in [2.45, 2.75) is 12.5 Å². The van der Waals surface area contributed by atoms with Gasteiger partial charge in [0.05, 0.1) is 39.8 Å². The van der Waals surface area contributed by atoms with Gasteiger partial charge in [-0.15, -0.1) is 0 Å². The number of rotatable bonds is 5. The van der Waals surface area contributed by atoms with Crippen molar-refractivity contribution in [3.05, 3.63) is 0 Å². The minimum absolute atomic E-state index is 0.504. The Morgan fingerprint density at radius 3 is 3.00 bits per heavy atom. The predicted octanol–water partition coefficient (Wildman–Crippen LogP) is -0.472. The highest BCUT2D eigenvalue weighted by Crippen LogP contribution is 1.98. The minimum atomic E-state index is -3.55. The number of quaternary nitrogens is 1. The van der Waals surface area contributed by atoms with E-state index in [4.69, 9.17) is 18.9 Å². The summed E-state index contributed by atoms with van der Waals surface area (Å²) in [5, 5.41) is 12.5. The van der Waals surface area contributed by atoms with Gasteiger partial charge in [-0.05, 0) is 0 Å². The fraction of sp³-hybridized carbons (Fsp3) is 0.857. The van der Waals surface area contributed by atoms with Gasteiger partial charge in [-0.25, -0.2) is 0 Å². The number of nitrogens with zero attached hydrogens (tertiary/aromatic N) is 1. The molecule has 0 aliphatic heterocycles. The number of aliphatic hydroxyl groups is 1. The molecular formula is C7H16NO3+. The van der Waals surface area contributed by atoms with Crippen LogP contribution >= 0.6 is 0 Å². The van der Waals surface area contributed by atoms with Crippen LogP contribution in [0.3, 0.4) is 0 Å². The van der Waals surface area contributed by atoms with Crippen LogP contribution in [0.4, 0.5) is 0 Å². The Hall–Kier alpha value is -0.610. The summed E-state index contributed by atoms with van der Waals surface area (Å²) in [6.07, 6.45) is -4.65. The van der Waals surface area contributed by atoms with E-state index in [0.717, 1.165) is 0 Å². The first-order valence-electron chi connectivity index (χ1n) is 7.62. The van der Waals surface area contributed by atoms with Crippen molar-refractivity contribution < 1.29 is 31.8 Å². The smallest absolute Gasteiger partial charge is 0.306 e. The van der Waals surface area contributed by atoms with Gasteiger partial charge in [-0.2, -0.15) is 0 Å². The third-order valence-corrected chi connectivity index (χ3v) is 0.660. The van der Waals surface area contributed by atoms with Gasteiger partial charge < -0.3 is 14.7 Å². The normalized spacial score (nSPS) is 34.3. The second-order valence-electron chi connectivity index (χ2n) is 2.11. The molecule has 0 unspecified atom stereocenters. The largest absolute Gasteiger partial charge is 0.481 e. The molecule has 0 rings (SSSR count). The lowest BCUT2D eigenvalue weighted by molar-refractivity contribution is -0.873. The number of aliphatic carboxylic acids is 1. The molecule has 0 heterocycles. The van der Waals surface area contributed by atoms with Gasteiger partial charge in [0.25, 0.3) is 0 Å². The lowest BCUT2D eigenvalue weighted by Crippen LogP contribution is -2.42. The third-order valence-electron chi connectivity index (χ3n) is 0.660. The van der Waals surface area contributed by atoms with E-state index in [-0.39, 0.29) is 0 Å². The van der Waals surface area contributed by atoms with E-state index in [1.807, 2.05) is 0 Å². The van der Waals surface area contributed by atoms with Crippen molar-refractivity contribution in [3.8, 4) is 0 Å². The van der Waals surface area contributed by atoms with Crippen molar-refractivity contribution in [1.82, 2.24) is 0 Å². The van der Waals surface area contributed by atoms with Crippen molar-refractivity contribution >= 4 is 5.97 Å². The van der Waals surface area contributed by atoms with Crippen LogP contribution in [0.15, 0.2) is 0 Å². The van der Waals surface area contributed by atoms with Crippen LogP contribution in [0.25, 0.3) is 0 Å². The fourth-order valence-corrected chi connectivity index (χ4v) is 0.426. The zero-order valence-electron chi connectivity index (χ0n) is 15.9. The highest BCUT2D eigenvalue weighted by Gasteiger charge is 2.17.